The minimum Gasteiger partial charge on any atom is -0.493 e. The van der Waals surface area contributed by atoms with Gasteiger partial charge in [0.2, 0.25) is 5.91 Å². The Labute approximate surface area is 180 Å². The molecule has 0 aliphatic rings. The van der Waals surface area contributed by atoms with Gasteiger partial charge < -0.3 is 20.1 Å². The number of aryl methyl sites for hydroxylation is 2. The summed E-state index contributed by atoms with van der Waals surface area (Å²) in [6.45, 7) is 10.3. The van der Waals surface area contributed by atoms with Crippen LogP contribution in [0.4, 0.5) is 5.69 Å². The third kappa shape index (κ3) is 5.75. The second kappa shape index (κ2) is 10.1. The normalized spacial score (nSPS) is 10.6. The van der Waals surface area contributed by atoms with Crippen molar-refractivity contribution in [3.63, 3.8) is 0 Å². The monoisotopic (exact) mass is 414 g/mol. The van der Waals surface area contributed by atoms with Crippen molar-refractivity contribution in [2.45, 2.75) is 47.5 Å². The molecule has 0 radical (unpaired) electrons. The number of methoxy groups -OCH3 is 2. The first-order valence-corrected chi connectivity index (χ1v) is 9.48. The molecule has 2 amide bonds. The molecule has 0 atom stereocenters. The fraction of sp³-hybridized carbons (Fsp3) is 0.417. The average molecular weight is 415 g/mol. The Kier molecular flexibility index (Phi) is 8.46. The molecular formula is C24H34N2O4. The third-order valence-electron chi connectivity index (χ3n) is 4.89. The van der Waals surface area contributed by atoms with Gasteiger partial charge in [-0.25, -0.2) is 0 Å². The largest absolute Gasteiger partial charge is 0.493 e. The third-order valence-corrected chi connectivity index (χ3v) is 4.89. The molecule has 164 valence electrons. The molecule has 0 saturated carbocycles. The molecule has 2 aromatic carbocycles. The van der Waals surface area contributed by atoms with E-state index in [0.29, 0.717) is 23.6 Å². The van der Waals surface area contributed by atoms with Gasteiger partial charge in [0.05, 0.1) is 14.2 Å². The van der Waals surface area contributed by atoms with Crippen molar-refractivity contribution in [1.29, 1.82) is 0 Å². The first kappa shape index (κ1) is 25.0. The van der Waals surface area contributed by atoms with Gasteiger partial charge in [-0.3, -0.25) is 9.59 Å². The minimum absolute atomic E-state index is 0. The Bertz CT molecular complexity index is 896. The summed E-state index contributed by atoms with van der Waals surface area (Å²) in [5, 5.41) is 5.85. The molecule has 6 nitrogen and oxygen atoms in total. The molecule has 0 bridgehead atoms. The second-order valence-corrected chi connectivity index (χ2v) is 7.80. The smallest absolute Gasteiger partial charge is 0.255 e. The topological polar surface area (TPSA) is 76.7 Å². The molecule has 0 fully saturated rings. The number of ether oxygens (including phenoxy) is 2. The number of hydrogen-bond donors (Lipinski definition) is 2. The van der Waals surface area contributed by atoms with Crippen molar-refractivity contribution < 1.29 is 19.1 Å². The van der Waals surface area contributed by atoms with E-state index in [9.17, 15) is 9.59 Å². The van der Waals surface area contributed by atoms with Crippen molar-refractivity contribution in [2.24, 2.45) is 0 Å². The quantitative estimate of drug-likeness (QED) is 0.693. The van der Waals surface area contributed by atoms with E-state index >= 15 is 0 Å². The van der Waals surface area contributed by atoms with E-state index in [1.54, 1.807) is 25.3 Å². The lowest BCUT2D eigenvalue weighted by molar-refractivity contribution is -0.119. The number of anilines is 1. The first-order valence-electron chi connectivity index (χ1n) is 9.48. The van der Waals surface area contributed by atoms with Crippen LogP contribution in [0.1, 0.15) is 55.2 Å². The molecule has 30 heavy (non-hydrogen) atoms. The summed E-state index contributed by atoms with van der Waals surface area (Å²) in [7, 11) is 3.09. The zero-order valence-corrected chi connectivity index (χ0v) is 18.2. The van der Waals surface area contributed by atoms with Gasteiger partial charge in [0.15, 0.2) is 11.5 Å². The highest BCUT2D eigenvalue weighted by Crippen LogP contribution is 2.32. The van der Waals surface area contributed by atoms with E-state index in [1.165, 1.54) is 14.0 Å². The minimum atomic E-state index is -0.230. The van der Waals surface area contributed by atoms with Gasteiger partial charge in [-0.1, -0.05) is 21.3 Å². The van der Waals surface area contributed by atoms with Crippen LogP contribution in [-0.4, -0.2) is 32.6 Å². The van der Waals surface area contributed by atoms with Crippen LogP contribution < -0.4 is 20.1 Å². The fourth-order valence-corrected chi connectivity index (χ4v) is 3.72. The highest BCUT2D eigenvalue weighted by atomic mass is 16.5. The first-order chi connectivity index (χ1) is 13.6. The second-order valence-electron chi connectivity index (χ2n) is 7.80. The van der Waals surface area contributed by atoms with Crippen LogP contribution in [0.5, 0.6) is 11.5 Å². The predicted octanol–water partition coefficient (Wildman–Crippen LogP) is 4.62. The number of carbonyl (C=O) groups is 2. The number of carbonyl (C=O) groups excluding carboxylic acids is 2. The summed E-state index contributed by atoms with van der Waals surface area (Å²) >= 11 is 0. The lowest BCUT2D eigenvalue weighted by atomic mass is 9.79. The Morgan fingerprint density at radius 3 is 2.03 bits per heavy atom. The molecule has 0 unspecified atom stereocenters. The number of amides is 2. The molecule has 6 heteroatoms. The maximum Gasteiger partial charge on any atom is 0.255 e. The number of rotatable bonds is 7. The van der Waals surface area contributed by atoms with Gasteiger partial charge in [-0.2, -0.15) is 0 Å². The number of hydrogen-bond acceptors (Lipinski definition) is 4. The maximum atomic E-state index is 12.7. The van der Waals surface area contributed by atoms with Gasteiger partial charge in [-0.05, 0) is 60.9 Å². The summed E-state index contributed by atoms with van der Waals surface area (Å²) in [5.74, 6) is 0.797. The molecule has 2 rings (SSSR count). The molecule has 0 spiro atoms. The molecule has 0 heterocycles. The van der Waals surface area contributed by atoms with Gasteiger partial charge in [0, 0.05) is 30.1 Å². The van der Waals surface area contributed by atoms with Crippen molar-refractivity contribution in [1.82, 2.24) is 5.32 Å². The van der Waals surface area contributed by atoms with Crippen molar-refractivity contribution >= 4 is 17.5 Å². The van der Waals surface area contributed by atoms with Gasteiger partial charge >= 0.3 is 0 Å². The van der Waals surface area contributed by atoms with Crippen molar-refractivity contribution in [3.8, 4) is 11.5 Å². The SMILES string of the molecule is C.COc1ccc(C(=O)Nc2cc(C)c(C(C)(C)CNC(C)=O)c(C)c2)cc1OC. The molecule has 0 aromatic heterocycles. The van der Waals surface area contributed by atoms with E-state index in [0.717, 1.165) is 22.4 Å². The van der Waals surface area contributed by atoms with Crippen molar-refractivity contribution in [2.75, 3.05) is 26.1 Å². The van der Waals surface area contributed by atoms with E-state index in [1.807, 2.05) is 26.0 Å². The summed E-state index contributed by atoms with van der Waals surface area (Å²) in [6, 6.07) is 8.96. The predicted molar refractivity (Wildman–Crippen MR) is 122 cm³/mol. The standard InChI is InChI=1S/C23H30N2O4.CH4/c1-14-10-18(11-15(2)21(14)23(4,5)13-24-16(3)26)25-22(27)17-8-9-19(28-6)20(12-17)29-7;/h8-12H,13H2,1-7H3,(H,24,26)(H,25,27);1H4. The summed E-state index contributed by atoms with van der Waals surface area (Å²) in [4.78, 5) is 24.0. The van der Waals surface area contributed by atoms with Crippen LogP contribution in [0.3, 0.4) is 0 Å². The fourth-order valence-electron chi connectivity index (χ4n) is 3.72. The van der Waals surface area contributed by atoms with Crippen LogP contribution in [0.25, 0.3) is 0 Å². The molecule has 2 N–H and O–H groups in total. The lowest BCUT2D eigenvalue weighted by Crippen LogP contribution is -2.36. The van der Waals surface area contributed by atoms with Crippen LogP contribution in [-0.2, 0) is 10.2 Å². The molecule has 0 aliphatic carbocycles. The molecular weight excluding hydrogens is 380 g/mol. The van der Waals surface area contributed by atoms with Crippen LogP contribution >= 0.6 is 0 Å². The van der Waals surface area contributed by atoms with Crippen LogP contribution in [0.2, 0.25) is 0 Å². The maximum absolute atomic E-state index is 12.7. The Balaban J connectivity index is 0.00000450. The summed E-state index contributed by atoms with van der Waals surface area (Å²) < 4.78 is 10.5. The lowest BCUT2D eigenvalue weighted by Gasteiger charge is -2.29. The molecule has 0 saturated heterocycles. The molecule has 0 aliphatic heterocycles. The van der Waals surface area contributed by atoms with E-state index < -0.39 is 0 Å². The average Bonchev–Trinajstić information content (AvgIpc) is 2.65. The van der Waals surface area contributed by atoms with Gasteiger partial charge in [0.25, 0.3) is 5.91 Å². The highest BCUT2D eigenvalue weighted by molar-refractivity contribution is 6.04. The number of nitrogens with one attached hydrogen (secondary N) is 2. The van der Waals surface area contributed by atoms with Crippen LogP contribution in [0.15, 0.2) is 30.3 Å². The summed E-state index contributed by atoms with van der Waals surface area (Å²) in [6.07, 6.45) is 0. The van der Waals surface area contributed by atoms with E-state index in [2.05, 4.69) is 24.5 Å². The van der Waals surface area contributed by atoms with Gasteiger partial charge in [0.1, 0.15) is 0 Å². The Morgan fingerprint density at radius 2 is 1.53 bits per heavy atom. The Hall–Kier alpha value is -3.02. The van der Waals surface area contributed by atoms with E-state index in [-0.39, 0.29) is 24.7 Å². The zero-order valence-electron chi connectivity index (χ0n) is 18.2. The van der Waals surface area contributed by atoms with E-state index in [4.69, 9.17) is 9.47 Å². The van der Waals surface area contributed by atoms with Crippen LogP contribution in [0, 0.1) is 13.8 Å². The molecule has 2 aromatic rings. The Morgan fingerprint density at radius 1 is 0.967 bits per heavy atom. The zero-order chi connectivity index (χ0) is 21.8. The van der Waals surface area contributed by atoms with Crippen molar-refractivity contribution in [3.05, 3.63) is 52.6 Å². The van der Waals surface area contributed by atoms with Gasteiger partial charge in [-0.15, -0.1) is 0 Å². The highest BCUT2D eigenvalue weighted by Gasteiger charge is 2.25. The number of benzene rings is 2. The summed E-state index contributed by atoms with van der Waals surface area (Å²) in [5.41, 5.74) is 4.25.